The molecule has 0 aromatic rings. The Kier molecular flexibility index (Phi) is 4.87. The zero-order valence-electron chi connectivity index (χ0n) is 10.5. The molecule has 0 heteroatoms. The van der Waals surface area contributed by atoms with Crippen LogP contribution in [0.5, 0.6) is 0 Å². The van der Waals surface area contributed by atoms with Crippen LogP contribution in [0.25, 0.3) is 0 Å². The van der Waals surface area contributed by atoms with Gasteiger partial charge in [-0.1, -0.05) is 42.4 Å². The Morgan fingerprint density at radius 3 is 2.67 bits per heavy atom. The molecule has 1 atom stereocenters. The van der Waals surface area contributed by atoms with Crippen LogP contribution in [0.1, 0.15) is 52.9 Å². The predicted octanol–water partition coefficient (Wildman–Crippen LogP) is 5.04. The van der Waals surface area contributed by atoms with E-state index in [1.54, 1.807) is 11.1 Å². The number of rotatable bonds is 0. The zero-order valence-corrected chi connectivity index (χ0v) is 10.5. The lowest BCUT2D eigenvalue weighted by molar-refractivity contribution is 0.673. The monoisotopic (exact) mass is 204 g/mol. The van der Waals surface area contributed by atoms with Crippen LogP contribution in [-0.2, 0) is 0 Å². The van der Waals surface area contributed by atoms with Gasteiger partial charge in [0.05, 0.1) is 0 Å². The summed E-state index contributed by atoms with van der Waals surface area (Å²) in [5, 5.41) is 0. The molecule has 0 fully saturated rings. The standard InChI is InChI=1S/C15H24/c1-12-8-5-6-10-13(2)15(4)14(3)11-7-9-12/h5-6,13H,1,7-11H2,2-4H3. The minimum Gasteiger partial charge on any atom is -0.0995 e. The molecule has 0 amide bonds. The fraction of sp³-hybridized carbons (Fsp3) is 0.600. The van der Waals surface area contributed by atoms with Crippen LogP contribution in [0.4, 0.5) is 0 Å². The average Bonchev–Trinajstić information content (AvgIpc) is 2.23. The lowest BCUT2D eigenvalue weighted by Crippen LogP contribution is -1.97. The van der Waals surface area contributed by atoms with Crippen LogP contribution in [0.2, 0.25) is 0 Å². The number of hydrogen-bond donors (Lipinski definition) is 0. The van der Waals surface area contributed by atoms with Crippen molar-refractivity contribution in [1.29, 1.82) is 0 Å². The normalized spacial score (nSPS) is 25.3. The Morgan fingerprint density at radius 1 is 1.20 bits per heavy atom. The summed E-state index contributed by atoms with van der Waals surface area (Å²) in [5.41, 5.74) is 4.56. The Hall–Kier alpha value is -0.780. The van der Waals surface area contributed by atoms with E-state index in [-0.39, 0.29) is 0 Å². The molecule has 0 saturated heterocycles. The van der Waals surface area contributed by atoms with Crippen molar-refractivity contribution in [1.82, 2.24) is 0 Å². The van der Waals surface area contributed by atoms with Gasteiger partial charge >= 0.3 is 0 Å². The van der Waals surface area contributed by atoms with E-state index in [2.05, 4.69) is 39.5 Å². The zero-order chi connectivity index (χ0) is 11.3. The first-order valence-corrected chi connectivity index (χ1v) is 6.09. The second-order valence-electron chi connectivity index (χ2n) is 4.88. The maximum Gasteiger partial charge on any atom is -0.0142 e. The highest BCUT2D eigenvalue weighted by Gasteiger charge is 2.07. The molecular formula is C15H24. The average molecular weight is 204 g/mol. The molecule has 1 aliphatic carbocycles. The van der Waals surface area contributed by atoms with E-state index in [0.29, 0.717) is 5.92 Å². The van der Waals surface area contributed by atoms with Gasteiger partial charge in [-0.2, -0.15) is 0 Å². The van der Waals surface area contributed by atoms with Crippen molar-refractivity contribution < 1.29 is 0 Å². The summed E-state index contributed by atoms with van der Waals surface area (Å²) in [6.45, 7) is 11.0. The van der Waals surface area contributed by atoms with Crippen LogP contribution in [0, 0.1) is 5.92 Å². The summed E-state index contributed by atoms with van der Waals surface area (Å²) in [6, 6.07) is 0. The third-order valence-electron chi connectivity index (χ3n) is 3.56. The van der Waals surface area contributed by atoms with Crippen molar-refractivity contribution in [2.75, 3.05) is 0 Å². The molecule has 84 valence electrons. The maximum absolute atomic E-state index is 4.11. The number of hydrogen-bond acceptors (Lipinski definition) is 0. The Balaban J connectivity index is 2.73. The largest absolute Gasteiger partial charge is 0.0995 e. The highest BCUT2D eigenvalue weighted by atomic mass is 14.1. The molecular weight excluding hydrogens is 180 g/mol. The Bertz CT molecular complexity index is 278. The quantitative estimate of drug-likeness (QED) is 0.485. The van der Waals surface area contributed by atoms with Crippen molar-refractivity contribution in [2.24, 2.45) is 5.92 Å². The molecule has 0 spiro atoms. The van der Waals surface area contributed by atoms with Gasteiger partial charge in [0.25, 0.3) is 0 Å². The van der Waals surface area contributed by atoms with Gasteiger partial charge in [0.1, 0.15) is 0 Å². The second-order valence-corrected chi connectivity index (χ2v) is 4.88. The summed E-state index contributed by atoms with van der Waals surface area (Å²) in [4.78, 5) is 0. The molecule has 0 aliphatic heterocycles. The lowest BCUT2D eigenvalue weighted by atomic mass is 9.93. The summed E-state index contributed by atoms with van der Waals surface area (Å²) < 4.78 is 0. The Morgan fingerprint density at radius 2 is 1.93 bits per heavy atom. The van der Waals surface area contributed by atoms with Crippen LogP contribution in [0.3, 0.4) is 0 Å². The second kappa shape index (κ2) is 5.95. The molecule has 0 radical (unpaired) electrons. The summed E-state index contributed by atoms with van der Waals surface area (Å²) >= 11 is 0. The molecule has 0 N–H and O–H groups in total. The van der Waals surface area contributed by atoms with Crippen molar-refractivity contribution in [3.8, 4) is 0 Å². The van der Waals surface area contributed by atoms with E-state index in [9.17, 15) is 0 Å². The van der Waals surface area contributed by atoms with Gasteiger partial charge in [-0.25, -0.2) is 0 Å². The van der Waals surface area contributed by atoms with Gasteiger partial charge in [0.2, 0.25) is 0 Å². The summed E-state index contributed by atoms with van der Waals surface area (Å²) in [7, 11) is 0. The van der Waals surface area contributed by atoms with Gasteiger partial charge < -0.3 is 0 Å². The fourth-order valence-corrected chi connectivity index (χ4v) is 2.05. The molecule has 1 unspecified atom stereocenters. The molecule has 1 rings (SSSR count). The van der Waals surface area contributed by atoms with Crippen LogP contribution in [-0.4, -0.2) is 0 Å². The first-order valence-electron chi connectivity index (χ1n) is 6.09. The molecule has 0 aromatic heterocycles. The minimum absolute atomic E-state index is 0.701. The smallest absolute Gasteiger partial charge is 0.0142 e. The third kappa shape index (κ3) is 4.07. The topological polar surface area (TPSA) is 0 Å². The predicted molar refractivity (Wildman–Crippen MR) is 68.9 cm³/mol. The lowest BCUT2D eigenvalue weighted by Gasteiger charge is -2.13. The van der Waals surface area contributed by atoms with E-state index in [1.165, 1.54) is 31.3 Å². The fourth-order valence-electron chi connectivity index (χ4n) is 2.05. The molecule has 0 bridgehead atoms. The van der Waals surface area contributed by atoms with Gasteiger partial charge in [-0.15, -0.1) is 0 Å². The number of allylic oxidation sites excluding steroid dienone is 5. The molecule has 1 aliphatic rings. The Labute approximate surface area is 94.8 Å². The van der Waals surface area contributed by atoms with Crippen molar-refractivity contribution in [3.63, 3.8) is 0 Å². The highest BCUT2D eigenvalue weighted by molar-refractivity contribution is 5.15. The van der Waals surface area contributed by atoms with E-state index < -0.39 is 0 Å². The van der Waals surface area contributed by atoms with Crippen molar-refractivity contribution in [2.45, 2.75) is 52.9 Å². The SMILES string of the molecule is C=C1CC=CCC(C)C(C)=C(C)CCC1. The molecule has 0 saturated carbocycles. The third-order valence-corrected chi connectivity index (χ3v) is 3.56. The highest BCUT2D eigenvalue weighted by Crippen LogP contribution is 2.24. The van der Waals surface area contributed by atoms with E-state index in [0.717, 1.165) is 6.42 Å². The molecule has 15 heavy (non-hydrogen) atoms. The first kappa shape index (κ1) is 12.3. The van der Waals surface area contributed by atoms with Gasteiger partial charge in [-0.3, -0.25) is 0 Å². The van der Waals surface area contributed by atoms with Crippen LogP contribution < -0.4 is 0 Å². The van der Waals surface area contributed by atoms with Crippen molar-refractivity contribution in [3.05, 3.63) is 35.5 Å². The van der Waals surface area contributed by atoms with E-state index in [4.69, 9.17) is 0 Å². The first-order chi connectivity index (χ1) is 7.11. The van der Waals surface area contributed by atoms with E-state index in [1.807, 2.05) is 0 Å². The molecule has 0 nitrogen and oxygen atoms in total. The van der Waals surface area contributed by atoms with Crippen LogP contribution in [0.15, 0.2) is 35.5 Å². The molecule has 0 heterocycles. The van der Waals surface area contributed by atoms with E-state index >= 15 is 0 Å². The minimum atomic E-state index is 0.701. The van der Waals surface area contributed by atoms with Gasteiger partial charge in [0.15, 0.2) is 0 Å². The summed E-state index contributed by atoms with van der Waals surface area (Å²) in [5.74, 6) is 0.701. The van der Waals surface area contributed by atoms with Crippen LogP contribution >= 0.6 is 0 Å². The summed E-state index contributed by atoms with van der Waals surface area (Å²) in [6.07, 6.45) is 10.5. The van der Waals surface area contributed by atoms with Gasteiger partial charge in [0, 0.05) is 0 Å². The molecule has 0 aromatic carbocycles. The maximum atomic E-state index is 4.11. The van der Waals surface area contributed by atoms with Crippen molar-refractivity contribution >= 4 is 0 Å². The van der Waals surface area contributed by atoms with Gasteiger partial charge in [-0.05, 0) is 51.9 Å².